The lowest BCUT2D eigenvalue weighted by Gasteiger charge is -2.15. The van der Waals surface area contributed by atoms with E-state index in [-0.39, 0.29) is 5.56 Å². The molecule has 0 fully saturated rings. The van der Waals surface area contributed by atoms with Gasteiger partial charge in [0.05, 0.1) is 17.5 Å². The fourth-order valence-electron chi connectivity index (χ4n) is 2.47. The van der Waals surface area contributed by atoms with Crippen molar-refractivity contribution in [1.82, 2.24) is 9.66 Å². The zero-order valence-electron chi connectivity index (χ0n) is 13.4. The SMILES string of the molecule is C[C@@H](OC/C=C/c1ccccc1)c1nc2ccccc2c(=O)n1N. The van der Waals surface area contributed by atoms with Crippen LogP contribution in [0.4, 0.5) is 0 Å². The van der Waals surface area contributed by atoms with Gasteiger partial charge >= 0.3 is 0 Å². The van der Waals surface area contributed by atoms with E-state index in [1.165, 1.54) is 0 Å². The molecule has 0 spiro atoms. The van der Waals surface area contributed by atoms with Crippen LogP contribution in [0, 0.1) is 0 Å². The fraction of sp³-hybridized carbons (Fsp3) is 0.158. The number of nitrogens with two attached hydrogens (primary N) is 1. The van der Waals surface area contributed by atoms with E-state index >= 15 is 0 Å². The van der Waals surface area contributed by atoms with Crippen LogP contribution in [0.15, 0.2) is 65.5 Å². The summed E-state index contributed by atoms with van der Waals surface area (Å²) in [5.74, 6) is 6.30. The second-order valence-electron chi connectivity index (χ2n) is 5.45. The summed E-state index contributed by atoms with van der Waals surface area (Å²) < 4.78 is 6.81. The predicted molar refractivity (Wildman–Crippen MR) is 96.0 cm³/mol. The maximum Gasteiger partial charge on any atom is 0.279 e. The first-order chi connectivity index (χ1) is 11.7. The van der Waals surface area contributed by atoms with Crippen molar-refractivity contribution >= 4 is 17.0 Å². The lowest BCUT2D eigenvalue weighted by atomic mass is 10.2. The summed E-state index contributed by atoms with van der Waals surface area (Å²) >= 11 is 0. The fourth-order valence-corrected chi connectivity index (χ4v) is 2.47. The predicted octanol–water partition coefficient (Wildman–Crippen LogP) is 2.90. The highest BCUT2D eigenvalue weighted by Gasteiger charge is 2.14. The number of nitrogens with zero attached hydrogens (tertiary/aromatic N) is 2. The van der Waals surface area contributed by atoms with Gasteiger partial charge in [-0.15, -0.1) is 0 Å². The first-order valence-electron chi connectivity index (χ1n) is 7.77. The maximum absolute atomic E-state index is 12.3. The Kier molecular flexibility index (Phi) is 4.72. The molecule has 1 aromatic heterocycles. The van der Waals surface area contributed by atoms with Gasteiger partial charge in [0, 0.05) is 0 Å². The minimum absolute atomic E-state index is 0.272. The lowest BCUT2D eigenvalue weighted by Crippen LogP contribution is -2.33. The van der Waals surface area contributed by atoms with Crippen molar-refractivity contribution in [3.63, 3.8) is 0 Å². The molecule has 0 aliphatic rings. The Labute approximate surface area is 140 Å². The number of ether oxygens (including phenoxy) is 1. The normalized spacial score (nSPS) is 12.7. The summed E-state index contributed by atoms with van der Waals surface area (Å²) in [6.07, 6.45) is 3.51. The molecule has 0 saturated heterocycles. The van der Waals surface area contributed by atoms with Gasteiger partial charge in [0.25, 0.3) is 5.56 Å². The molecular formula is C19H19N3O2. The van der Waals surface area contributed by atoms with Crippen molar-refractivity contribution < 1.29 is 4.74 Å². The van der Waals surface area contributed by atoms with Crippen molar-refractivity contribution in [1.29, 1.82) is 0 Å². The van der Waals surface area contributed by atoms with Crippen LogP contribution >= 0.6 is 0 Å². The van der Waals surface area contributed by atoms with Gasteiger partial charge in [0.2, 0.25) is 0 Å². The number of hydrogen-bond donors (Lipinski definition) is 1. The highest BCUT2D eigenvalue weighted by Crippen LogP contribution is 2.15. The Hall–Kier alpha value is -2.92. The number of para-hydroxylation sites is 1. The molecule has 122 valence electrons. The average molecular weight is 321 g/mol. The Morgan fingerprint density at radius 3 is 2.67 bits per heavy atom. The molecule has 5 nitrogen and oxygen atoms in total. The molecule has 3 aromatic rings. The molecule has 0 radical (unpaired) electrons. The topological polar surface area (TPSA) is 70.1 Å². The summed E-state index contributed by atoms with van der Waals surface area (Å²) in [6.45, 7) is 2.23. The Balaban J connectivity index is 1.74. The van der Waals surface area contributed by atoms with Gasteiger partial charge in [0.15, 0.2) is 5.82 Å². The van der Waals surface area contributed by atoms with E-state index in [9.17, 15) is 4.79 Å². The van der Waals surface area contributed by atoms with Crippen molar-refractivity contribution in [3.05, 3.63) is 82.4 Å². The van der Waals surface area contributed by atoms with E-state index in [2.05, 4.69) is 4.98 Å². The van der Waals surface area contributed by atoms with Crippen LogP contribution in [0.3, 0.4) is 0 Å². The summed E-state index contributed by atoms with van der Waals surface area (Å²) in [4.78, 5) is 16.8. The molecule has 0 bridgehead atoms. The number of aromatic nitrogens is 2. The monoisotopic (exact) mass is 321 g/mol. The van der Waals surface area contributed by atoms with E-state index in [1.807, 2.05) is 55.5 Å². The quantitative estimate of drug-likeness (QED) is 0.734. The molecule has 0 saturated carbocycles. The Bertz CT molecular complexity index is 917. The molecular weight excluding hydrogens is 302 g/mol. The Morgan fingerprint density at radius 1 is 1.17 bits per heavy atom. The minimum Gasteiger partial charge on any atom is -0.366 e. The van der Waals surface area contributed by atoms with Gasteiger partial charge < -0.3 is 10.6 Å². The molecule has 0 aliphatic heterocycles. The summed E-state index contributed by atoms with van der Waals surface area (Å²) in [7, 11) is 0. The first kappa shape index (κ1) is 16.0. The first-order valence-corrected chi connectivity index (χ1v) is 7.77. The minimum atomic E-state index is -0.396. The Morgan fingerprint density at radius 2 is 1.88 bits per heavy atom. The van der Waals surface area contributed by atoms with Crippen molar-refractivity contribution in [3.8, 4) is 0 Å². The van der Waals surface area contributed by atoms with Crippen LogP contribution in [-0.2, 0) is 4.74 Å². The van der Waals surface area contributed by atoms with Crippen LogP contribution in [0.1, 0.15) is 24.4 Å². The van der Waals surface area contributed by atoms with Crippen LogP contribution in [0.25, 0.3) is 17.0 Å². The van der Waals surface area contributed by atoms with Crippen LogP contribution in [0.5, 0.6) is 0 Å². The van der Waals surface area contributed by atoms with E-state index in [0.717, 1.165) is 10.2 Å². The molecule has 3 rings (SSSR count). The van der Waals surface area contributed by atoms with Gasteiger partial charge in [-0.05, 0) is 24.6 Å². The summed E-state index contributed by atoms with van der Waals surface area (Å²) in [6, 6.07) is 17.1. The molecule has 0 amide bonds. The number of rotatable bonds is 5. The second-order valence-corrected chi connectivity index (χ2v) is 5.45. The van der Waals surface area contributed by atoms with Crippen LogP contribution in [0.2, 0.25) is 0 Å². The van der Waals surface area contributed by atoms with Gasteiger partial charge in [-0.2, -0.15) is 0 Å². The highest BCUT2D eigenvalue weighted by atomic mass is 16.5. The maximum atomic E-state index is 12.3. The zero-order chi connectivity index (χ0) is 16.9. The highest BCUT2D eigenvalue weighted by molar-refractivity contribution is 5.77. The standard InChI is InChI=1S/C19H19N3O2/c1-14(24-13-7-10-15-8-3-2-4-9-15)18-21-17-12-6-5-11-16(17)19(23)22(18)20/h2-12,14H,13,20H2,1H3/b10-7+/t14-/m1/s1. The number of nitrogen functional groups attached to an aromatic ring is 1. The zero-order valence-corrected chi connectivity index (χ0v) is 13.4. The molecule has 5 heteroatoms. The molecule has 1 heterocycles. The van der Waals surface area contributed by atoms with Gasteiger partial charge in [-0.3, -0.25) is 4.79 Å². The van der Waals surface area contributed by atoms with E-state index in [4.69, 9.17) is 10.6 Å². The van der Waals surface area contributed by atoms with Gasteiger partial charge in [-0.1, -0.05) is 54.6 Å². The van der Waals surface area contributed by atoms with Gasteiger partial charge in [-0.25, -0.2) is 9.66 Å². The van der Waals surface area contributed by atoms with Crippen molar-refractivity contribution in [2.75, 3.05) is 12.4 Å². The average Bonchev–Trinajstić information content (AvgIpc) is 2.62. The van der Waals surface area contributed by atoms with E-state index in [0.29, 0.717) is 23.3 Å². The van der Waals surface area contributed by atoms with E-state index < -0.39 is 6.10 Å². The summed E-state index contributed by atoms with van der Waals surface area (Å²) in [5, 5.41) is 0.500. The van der Waals surface area contributed by atoms with Crippen molar-refractivity contribution in [2.45, 2.75) is 13.0 Å². The molecule has 24 heavy (non-hydrogen) atoms. The largest absolute Gasteiger partial charge is 0.366 e. The molecule has 2 aromatic carbocycles. The molecule has 1 atom stereocenters. The van der Waals surface area contributed by atoms with Gasteiger partial charge in [0.1, 0.15) is 6.10 Å². The number of benzene rings is 2. The second kappa shape index (κ2) is 7.10. The smallest absolute Gasteiger partial charge is 0.279 e. The third kappa shape index (κ3) is 3.36. The number of fused-ring (bicyclic) bond motifs is 1. The third-order valence-corrected chi connectivity index (χ3v) is 3.75. The van der Waals surface area contributed by atoms with E-state index in [1.54, 1.807) is 18.2 Å². The lowest BCUT2D eigenvalue weighted by molar-refractivity contribution is 0.0799. The third-order valence-electron chi connectivity index (χ3n) is 3.75. The molecule has 2 N–H and O–H groups in total. The van der Waals surface area contributed by atoms with Crippen LogP contribution in [-0.4, -0.2) is 16.3 Å². The van der Waals surface area contributed by atoms with Crippen LogP contribution < -0.4 is 11.4 Å². The number of hydrogen-bond acceptors (Lipinski definition) is 4. The molecule has 0 unspecified atom stereocenters. The van der Waals surface area contributed by atoms with Crippen molar-refractivity contribution in [2.24, 2.45) is 0 Å². The summed E-state index contributed by atoms with van der Waals surface area (Å²) in [5.41, 5.74) is 1.45. The molecule has 0 aliphatic carbocycles.